The van der Waals surface area contributed by atoms with Gasteiger partial charge in [0.05, 0.1) is 18.5 Å². The fraction of sp³-hybridized carbons (Fsp3) is 0.577. The SMILES string of the molecule is COc1ccc(-n2nc(C(C)(C)C)cc2NC(=O)CN(C(=O)NC2CCCCC2)C(C)C)cc1. The molecule has 1 heterocycles. The maximum Gasteiger partial charge on any atom is 0.318 e. The van der Waals surface area contributed by atoms with Crippen molar-refractivity contribution in [1.82, 2.24) is 20.0 Å². The fourth-order valence-corrected chi connectivity index (χ4v) is 4.09. The molecule has 0 radical (unpaired) electrons. The first kappa shape index (κ1) is 25.6. The standard InChI is InChI=1S/C26H39N5O3/c1-18(2)30(25(33)27-19-10-8-7-9-11-19)17-24(32)28-23-16-22(26(3,4)5)29-31(23)20-12-14-21(34-6)15-13-20/h12-16,18-19H,7-11,17H2,1-6H3,(H,27,33)(H,28,32). The number of methoxy groups -OCH3 is 1. The number of urea groups is 1. The number of nitrogens with one attached hydrogen (secondary N) is 2. The zero-order chi connectivity index (χ0) is 24.9. The van der Waals surface area contributed by atoms with Crippen molar-refractivity contribution in [2.75, 3.05) is 19.0 Å². The monoisotopic (exact) mass is 469 g/mol. The first-order valence-corrected chi connectivity index (χ1v) is 12.2. The Morgan fingerprint density at radius 1 is 1.15 bits per heavy atom. The van der Waals surface area contributed by atoms with Crippen molar-refractivity contribution in [3.8, 4) is 11.4 Å². The maximum atomic E-state index is 13.1. The van der Waals surface area contributed by atoms with Crippen LogP contribution >= 0.6 is 0 Å². The van der Waals surface area contributed by atoms with Crippen LogP contribution in [0, 0.1) is 0 Å². The van der Waals surface area contributed by atoms with Crippen LogP contribution in [0.2, 0.25) is 0 Å². The van der Waals surface area contributed by atoms with Gasteiger partial charge in [-0.05, 0) is 51.0 Å². The number of ether oxygens (including phenoxy) is 1. The highest BCUT2D eigenvalue weighted by molar-refractivity contribution is 5.94. The Balaban J connectivity index is 1.77. The second kappa shape index (κ2) is 10.9. The number of anilines is 1. The number of carbonyl (C=O) groups excluding carboxylic acids is 2. The topological polar surface area (TPSA) is 88.5 Å². The number of amides is 3. The Labute approximate surface area is 203 Å². The molecule has 0 spiro atoms. The molecule has 2 N–H and O–H groups in total. The van der Waals surface area contributed by atoms with Gasteiger partial charge < -0.3 is 20.3 Å². The highest BCUT2D eigenvalue weighted by atomic mass is 16.5. The van der Waals surface area contributed by atoms with Crippen LogP contribution in [-0.4, -0.2) is 52.4 Å². The molecule has 0 bridgehead atoms. The zero-order valence-electron chi connectivity index (χ0n) is 21.4. The molecule has 1 fully saturated rings. The highest BCUT2D eigenvalue weighted by Gasteiger charge is 2.26. The van der Waals surface area contributed by atoms with Crippen LogP contribution in [0.25, 0.3) is 5.69 Å². The lowest BCUT2D eigenvalue weighted by Crippen LogP contribution is -2.50. The van der Waals surface area contributed by atoms with Crippen molar-refractivity contribution < 1.29 is 14.3 Å². The molecule has 0 aliphatic heterocycles. The van der Waals surface area contributed by atoms with Crippen molar-refractivity contribution in [1.29, 1.82) is 0 Å². The van der Waals surface area contributed by atoms with Crippen LogP contribution in [0.1, 0.15) is 72.4 Å². The average molecular weight is 470 g/mol. The highest BCUT2D eigenvalue weighted by Crippen LogP contribution is 2.27. The van der Waals surface area contributed by atoms with E-state index in [1.807, 2.05) is 44.2 Å². The van der Waals surface area contributed by atoms with Gasteiger partial charge in [-0.2, -0.15) is 5.10 Å². The minimum absolute atomic E-state index is 0.0329. The minimum atomic E-state index is -0.261. The van der Waals surface area contributed by atoms with Crippen LogP contribution in [-0.2, 0) is 10.2 Å². The Hall–Kier alpha value is -3.03. The van der Waals surface area contributed by atoms with Crippen molar-refractivity contribution in [3.63, 3.8) is 0 Å². The van der Waals surface area contributed by atoms with E-state index in [1.165, 1.54) is 6.42 Å². The van der Waals surface area contributed by atoms with Gasteiger partial charge in [-0.3, -0.25) is 4.79 Å². The number of benzene rings is 1. The molecule has 3 amide bonds. The summed E-state index contributed by atoms with van der Waals surface area (Å²) in [6, 6.07) is 9.30. The summed E-state index contributed by atoms with van der Waals surface area (Å²) in [5.41, 5.74) is 1.47. The van der Waals surface area contributed by atoms with Gasteiger partial charge in [0.1, 0.15) is 18.1 Å². The molecule has 1 aromatic heterocycles. The molecular formula is C26H39N5O3. The molecule has 34 heavy (non-hydrogen) atoms. The van der Waals surface area contributed by atoms with Crippen molar-refractivity contribution >= 4 is 17.8 Å². The number of hydrogen-bond donors (Lipinski definition) is 2. The second-order valence-corrected chi connectivity index (χ2v) is 10.3. The Bertz CT molecular complexity index is 969. The quantitative estimate of drug-likeness (QED) is 0.606. The lowest BCUT2D eigenvalue weighted by Gasteiger charge is -2.30. The predicted octanol–water partition coefficient (Wildman–Crippen LogP) is 4.87. The molecule has 8 nitrogen and oxygen atoms in total. The van der Waals surface area contributed by atoms with Gasteiger partial charge in [-0.1, -0.05) is 40.0 Å². The van der Waals surface area contributed by atoms with Crippen molar-refractivity contribution in [2.45, 2.75) is 84.2 Å². The van der Waals surface area contributed by atoms with Crippen LogP contribution in [0.3, 0.4) is 0 Å². The molecule has 0 atom stereocenters. The normalized spacial score (nSPS) is 14.7. The molecular weight excluding hydrogens is 430 g/mol. The molecule has 0 unspecified atom stereocenters. The fourth-order valence-electron chi connectivity index (χ4n) is 4.09. The van der Waals surface area contributed by atoms with Gasteiger partial charge in [0.15, 0.2) is 0 Å². The van der Waals surface area contributed by atoms with Crippen LogP contribution in [0.15, 0.2) is 30.3 Å². The molecule has 8 heteroatoms. The minimum Gasteiger partial charge on any atom is -0.497 e. The summed E-state index contributed by atoms with van der Waals surface area (Å²) in [7, 11) is 1.62. The van der Waals surface area contributed by atoms with Crippen molar-refractivity contribution in [3.05, 3.63) is 36.0 Å². The smallest absolute Gasteiger partial charge is 0.318 e. The summed E-state index contributed by atoms with van der Waals surface area (Å²) in [6.45, 7) is 10.1. The zero-order valence-corrected chi connectivity index (χ0v) is 21.4. The Kier molecular flexibility index (Phi) is 8.23. The molecule has 1 aromatic carbocycles. The number of rotatable bonds is 7. The summed E-state index contributed by atoms with van der Waals surface area (Å²) < 4.78 is 6.98. The van der Waals surface area contributed by atoms with E-state index in [2.05, 4.69) is 31.4 Å². The summed E-state index contributed by atoms with van der Waals surface area (Å²) in [5.74, 6) is 1.05. The van der Waals surface area contributed by atoms with E-state index in [0.717, 1.165) is 42.8 Å². The molecule has 1 aliphatic rings. The van der Waals surface area contributed by atoms with Crippen LogP contribution in [0.4, 0.5) is 10.6 Å². The van der Waals surface area contributed by atoms with Gasteiger partial charge in [0.2, 0.25) is 5.91 Å². The third-order valence-corrected chi connectivity index (χ3v) is 6.19. The molecule has 2 aromatic rings. The average Bonchev–Trinajstić information content (AvgIpc) is 3.22. The van der Waals surface area contributed by atoms with Crippen molar-refractivity contribution in [2.24, 2.45) is 0 Å². The number of hydrogen-bond acceptors (Lipinski definition) is 4. The molecule has 186 valence electrons. The maximum absolute atomic E-state index is 13.1. The van der Waals surface area contributed by atoms with E-state index < -0.39 is 0 Å². The number of nitrogens with zero attached hydrogens (tertiary/aromatic N) is 3. The molecule has 1 aliphatic carbocycles. The Morgan fingerprint density at radius 3 is 2.35 bits per heavy atom. The number of aromatic nitrogens is 2. The largest absolute Gasteiger partial charge is 0.497 e. The van der Waals surface area contributed by atoms with Gasteiger partial charge >= 0.3 is 6.03 Å². The van der Waals surface area contributed by atoms with Crippen LogP contribution < -0.4 is 15.4 Å². The Morgan fingerprint density at radius 2 is 1.79 bits per heavy atom. The third kappa shape index (κ3) is 6.52. The summed E-state index contributed by atoms with van der Waals surface area (Å²) >= 11 is 0. The van der Waals surface area contributed by atoms with Gasteiger partial charge in [0.25, 0.3) is 0 Å². The van der Waals surface area contributed by atoms with Gasteiger partial charge in [-0.25, -0.2) is 9.48 Å². The first-order valence-electron chi connectivity index (χ1n) is 12.2. The summed E-state index contributed by atoms with van der Waals surface area (Å²) in [6.07, 6.45) is 5.50. The second-order valence-electron chi connectivity index (χ2n) is 10.3. The van der Waals surface area contributed by atoms with Gasteiger partial charge in [-0.15, -0.1) is 0 Å². The first-order chi connectivity index (χ1) is 16.1. The summed E-state index contributed by atoms with van der Waals surface area (Å²) in [4.78, 5) is 27.6. The third-order valence-electron chi connectivity index (χ3n) is 6.19. The molecule has 1 saturated carbocycles. The van der Waals surface area contributed by atoms with E-state index in [1.54, 1.807) is 16.7 Å². The van der Waals surface area contributed by atoms with E-state index in [9.17, 15) is 9.59 Å². The molecule has 3 rings (SSSR count). The van der Waals surface area contributed by atoms with E-state index in [4.69, 9.17) is 9.84 Å². The lowest BCUT2D eigenvalue weighted by atomic mass is 9.92. The van der Waals surface area contributed by atoms with E-state index in [-0.39, 0.29) is 36.0 Å². The van der Waals surface area contributed by atoms with Gasteiger partial charge in [0, 0.05) is 23.6 Å². The lowest BCUT2D eigenvalue weighted by molar-refractivity contribution is -0.117. The molecule has 0 saturated heterocycles. The number of carbonyl (C=O) groups is 2. The van der Waals surface area contributed by atoms with Crippen LogP contribution in [0.5, 0.6) is 5.75 Å². The summed E-state index contributed by atoms with van der Waals surface area (Å²) in [5, 5.41) is 10.9. The van der Waals surface area contributed by atoms with E-state index in [0.29, 0.717) is 5.82 Å². The predicted molar refractivity (Wildman–Crippen MR) is 135 cm³/mol. The van der Waals surface area contributed by atoms with E-state index >= 15 is 0 Å².